The van der Waals surface area contributed by atoms with E-state index in [-0.39, 0.29) is 12.0 Å². The zero-order chi connectivity index (χ0) is 30.0. The number of benzene rings is 1. The lowest BCUT2D eigenvalue weighted by Gasteiger charge is -2.34. The van der Waals surface area contributed by atoms with Gasteiger partial charge in [-0.3, -0.25) is 14.4 Å². The number of piperazine rings is 1. The van der Waals surface area contributed by atoms with Crippen LogP contribution in [0.25, 0.3) is 33.7 Å². The lowest BCUT2D eigenvalue weighted by molar-refractivity contribution is -0.130. The largest absolute Gasteiger partial charge is 0.373 e. The van der Waals surface area contributed by atoms with Gasteiger partial charge in [0.15, 0.2) is 5.65 Å². The molecule has 6 heterocycles. The second-order valence-electron chi connectivity index (χ2n) is 11.3. The molecule has 4 aromatic heterocycles. The average Bonchev–Trinajstić information content (AvgIpc) is 3.67. The standard InChI is InChI=1S/C30H34N12O2/c1-21(43)40-9-7-39(8-10-40)17-22-3-5-23(6-4-22)24-13-32-30(33-14-24)41-11-12-44-26(19-41)20-42-29-28(36-37-42)31-16-27(35-29)25-15-34-38(2)18-25/h3-6,13-16,18,26H,7-12,17,19-20H2,1-2H3/t26-/m1/s1. The van der Waals surface area contributed by atoms with Gasteiger partial charge in [-0.15, -0.1) is 5.10 Å². The van der Waals surface area contributed by atoms with Gasteiger partial charge in [-0.25, -0.2) is 24.6 Å². The Morgan fingerprint density at radius 1 is 0.932 bits per heavy atom. The summed E-state index contributed by atoms with van der Waals surface area (Å²) in [5.41, 5.74) is 5.99. The minimum atomic E-state index is -0.140. The van der Waals surface area contributed by atoms with E-state index < -0.39 is 0 Å². The molecule has 2 saturated heterocycles. The highest BCUT2D eigenvalue weighted by atomic mass is 16.5. The SMILES string of the molecule is CC(=O)N1CCN(Cc2ccc(-c3cnc(N4CCO[C@@H](Cn5nnc6ncc(-c7cnn(C)c7)nc65)C4)nc3)cc2)CC1. The van der Waals surface area contributed by atoms with E-state index in [0.29, 0.717) is 49.2 Å². The molecule has 14 nitrogen and oxygen atoms in total. The monoisotopic (exact) mass is 594 g/mol. The highest BCUT2D eigenvalue weighted by Crippen LogP contribution is 2.22. The van der Waals surface area contributed by atoms with Gasteiger partial charge >= 0.3 is 0 Å². The van der Waals surface area contributed by atoms with Crippen molar-refractivity contribution in [1.29, 1.82) is 0 Å². The van der Waals surface area contributed by atoms with Gasteiger partial charge in [0, 0.05) is 89.5 Å². The van der Waals surface area contributed by atoms with Crippen molar-refractivity contribution in [1.82, 2.24) is 54.5 Å². The van der Waals surface area contributed by atoms with Gasteiger partial charge in [-0.05, 0) is 11.1 Å². The average molecular weight is 595 g/mol. The van der Waals surface area contributed by atoms with Crippen molar-refractivity contribution in [2.45, 2.75) is 26.1 Å². The summed E-state index contributed by atoms with van der Waals surface area (Å²) >= 11 is 0. The van der Waals surface area contributed by atoms with Crippen molar-refractivity contribution in [3.63, 3.8) is 0 Å². The van der Waals surface area contributed by atoms with Gasteiger partial charge in [0.2, 0.25) is 17.5 Å². The first-order valence-corrected chi connectivity index (χ1v) is 14.8. The number of carbonyl (C=O) groups is 1. The fourth-order valence-corrected chi connectivity index (χ4v) is 5.69. The molecule has 7 rings (SSSR count). The number of aromatic nitrogens is 9. The lowest BCUT2D eigenvalue weighted by atomic mass is 10.1. The van der Waals surface area contributed by atoms with Gasteiger partial charge in [-0.2, -0.15) is 5.10 Å². The number of amides is 1. The van der Waals surface area contributed by atoms with Crippen molar-refractivity contribution in [2.24, 2.45) is 7.05 Å². The Bertz CT molecular complexity index is 1740. The van der Waals surface area contributed by atoms with Crippen molar-refractivity contribution in [3.05, 3.63) is 60.8 Å². The number of ether oxygens (including phenoxy) is 1. The zero-order valence-electron chi connectivity index (χ0n) is 24.8. The Morgan fingerprint density at radius 2 is 1.73 bits per heavy atom. The quantitative estimate of drug-likeness (QED) is 0.272. The molecule has 1 amide bonds. The van der Waals surface area contributed by atoms with Crippen molar-refractivity contribution < 1.29 is 9.53 Å². The molecule has 5 aromatic rings. The first-order valence-electron chi connectivity index (χ1n) is 14.8. The first kappa shape index (κ1) is 28.0. The molecule has 0 aliphatic carbocycles. The summed E-state index contributed by atoms with van der Waals surface area (Å²) in [4.78, 5) is 36.6. The Hall–Kier alpha value is -4.82. The summed E-state index contributed by atoms with van der Waals surface area (Å²) in [6.45, 7) is 8.25. The third-order valence-corrected chi connectivity index (χ3v) is 8.18. The molecule has 2 aliphatic heterocycles. The highest BCUT2D eigenvalue weighted by Gasteiger charge is 2.25. The number of carbonyl (C=O) groups excluding carboxylic acids is 1. The molecule has 0 saturated carbocycles. The summed E-state index contributed by atoms with van der Waals surface area (Å²) in [5.74, 6) is 0.827. The molecule has 0 radical (unpaired) electrons. The number of aryl methyl sites for hydroxylation is 1. The number of hydrogen-bond acceptors (Lipinski definition) is 11. The van der Waals surface area contributed by atoms with E-state index in [2.05, 4.69) is 54.5 Å². The molecule has 2 fully saturated rings. The molecular formula is C30H34N12O2. The van der Waals surface area contributed by atoms with E-state index in [1.165, 1.54) is 5.56 Å². The lowest BCUT2D eigenvalue weighted by Crippen LogP contribution is -2.47. The highest BCUT2D eigenvalue weighted by molar-refractivity contribution is 5.73. The van der Waals surface area contributed by atoms with Crippen LogP contribution in [0.3, 0.4) is 0 Å². The van der Waals surface area contributed by atoms with Gasteiger partial charge < -0.3 is 14.5 Å². The Balaban J connectivity index is 0.973. The van der Waals surface area contributed by atoms with Crippen molar-refractivity contribution in [3.8, 4) is 22.4 Å². The van der Waals surface area contributed by atoms with E-state index in [1.807, 2.05) is 30.5 Å². The number of nitrogens with zero attached hydrogens (tertiary/aromatic N) is 12. The van der Waals surface area contributed by atoms with Crippen molar-refractivity contribution in [2.75, 3.05) is 50.8 Å². The van der Waals surface area contributed by atoms with Gasteiger partial charge in [0.05, 0.1) is 37.3 Å². The van der Waals surface area contributed by atoms with Gasteiger partial charge in [0.1, 0.15) is 0 Å². The Kier molecular flexibility index (Phi) is 7.66. The van der Waals surface area contributed by atoms with Gasteiger partial charge in [0.25, 0.3) is 0 Å². The van der Waals surface area contributed by atoms with Crippen LogP contribution in [0.5, 0.6) is 0 Å². The van der Waals surface area contributed by atoms with Crippen LogP contribution in [0.1, 0.15) is 12.5 Å². The Morgan fingerprint density at radius 3 is 2.45 bits per heavy atom. The Labute approximate surface area is 254 Å². The van der Waals surface area contributed by atoms with E-state index in [9.17, 15) is 4.79 Å². The second-order valence-corrected chi connectivity index (χ2v) is 11.3. The predicted molar refractivity (Wildman–Crippen MR) is 162 cm³/mol. The van der Waals surface area contributed by atoms with Crippen LogP contribution in [0.4, 0.5) is 5.95 Å². The second kappa shape index (κ2) is 12.1. The minimum absolute atomic E-state index is 0.140. The van der Waals surface area contributed by atoms with E-state index in [4.69, 9.17) is 19.7 Å². The maximum Gasteiger partial charge on any atom is 0.225 e. The normalized spacial score (nSPS) is 17.8. The fourth-order valence-electron chi connectivity index (χ4n) is 5.69. The minimum Gasteiger partial charge on any atom is -0.373 e. The molecule has 0 N–H and O–H groups in total. The van der Waals surface area contributed by atoms with Crippen LogP contribution >= 0.6 is 0 Å². The summed E-state index contributed by atoms with van der Waals surface area (Å²) in [7, 11) is 1.87. The molecule has 0 unspecified atom stereocenters. The van der Waals surface area contributed by atoms with Crippen LogP contribution in [0.2, 0.25) is 0 Å². The number of hydrogen-bond donors (Lipinski definition) is 0. The van der Waals surface area contributed by atoms with Crippen molar-refractivity contribution >= 4 is 23.1 Å². The molecule has 0 spiro atoms. The molecule has 1 aromatic carbocycles. The maximum atomic E-state index is 11.6. The predicted octanol–water partition coefficient (Wildman–Crippen LogP) is 1.65. The molecule has 2 aliphatic rings. The number of rotatable bonds is 7. The maximum absolute atomic E-state index is 11.6. The zero-order valence-corrected chi connectivity index (χ0v) is 24.8. The number of morpholine rings is 1. The smallest absolute Gasteiger partial charge is 0.225 e. The van der Waals surface area contributed by atoms with E-state index in [1.54, 1.807) is 28.7 Å². The first-order chi connectivity index (χ1) is 21.5. The number of fused-ring (bicyclic) bond motifs is 1. The third kappa shape index (κ3) is 5.98. The molecule has 0 bridgehead atoms. The topological polar surface area (TPSA) is 136 Å². The molecule has 1 atom stereocenters. The molecular weight excluding hydrogens is 560 g/mol. The summed E-state index contributed by atoms with van der Waals surface area (Å²) in [5, 5.41) is 12.7. The van der Waals surface area contributed by atoms with Crippen LogP contribution < -0.4 is 4.90 Å². The summed E-state index contributed by atoms with van der Waals surface area (Å²) in [6.07, 6.45) is 8.96. The van der Waals surface area contributed by atoms with E-state index >= 15 is 0 Å². The fraction of sp³-hybridized carbons (Fsp3) is 0.400. The van der Waals surface area contributed by atoms with E-state index in [0.717, 1.165) is 49.4 Å². The molecule has 44 heavy (non-hydrogen) atoms. The van der Waals surface area contributed by atoms with Crippen LogP contribution in [0.15, 0.2) is 55.2 Å². The van der Waals surface area contributed by atoms with Crippen LogP contribution in [-0.2, 0) is 29.7 Å². The molecule has 14 heteroatoms. The number of anilines is 1. The van der Waals surface area contributed by atoms with Crippen LogP contribution in [-0.4, -0.2) is 112 Å². The van der Waals surface area contributed by atoms with Gasteiger partial charge in [-0.1, -0.05) is 29.5 Å². The third-order valence-electron chi connectivity index (χ3n) is 8.18. The molecule has 226 valence electrons. The summed E-state index contributed by atoms with van der Waals surface area (Å²) < 4.78 is 9.55. The summed E-state index contributed by atoms with van der Waals surface area (Å²) in [6, 6.07) is 8.56. The van der Waals surface area contributed by atoms with Crippen LogP contribution in [0, 0.1) is 0 Å².